The molecule has 0 bridgehead atoms. The van der Waals surface area contributed by atoms with Crippen LogP contribution in [0.1, 0.15) is 16.7 Å². The first-order chi connectivity index (χ1) is 13.0. The van der Waals surface area contributed by atoms with Crippen molar-refractivity contribution in [1.82, 2.24) is 19.6 Å². The van der Waals surface area contributed by atoms with E-state index in [2.05, 4.69) is 26.9 Å². The number of aromatic nitrogens is 4. The lowest BCUT2D eigenvalue weighted by Gasteiger charge is -2.07. The molecule has 4 aromatic rings. The Morgan fingerprint density at radius 1 is 0.926 bits per heavy atom. The summed E-state index contributed by atoms with van der Waals surface area (Å²) in [5.74, 6) is 6.00. The molecule has 0 fully saturated rings. The first-order valence-electron chi connectivity index (χ1n) is 7.95. The van der Waals surface area contributed by atoms with Gasteiger partial charge in [-0.2, -0.15) is 18.3 Å². The highest BCUT2D eigenvalue weighted by Crippen LogP contribution is 2.30. The fraction of sp³-hybridized carbons (Fsp3) is 0.0500. The van der Waals surface area contributed by atoms with Crippen LogP contribution in [0.3, 0.4) is 0 Å². The predicted octanol–water partition coefficient (Wildman–Crippen LogP) is 4.21. The minimum absolute atomic E-state index is 0.531. The molecule has 0 radical (unpaired) electrons. The third-order valence-corrected chi connectivity index (χ3v) is 3.88. The standard InChI is InChI=1S/C20H11F3N4/c21-20(22,23)17-7-5-15(6-8-17)18-9-11-27-19(26-18)16(13-25-27)4-3-14-2-1-10-24-12-14/h1-2,5-13H. The summed E-state index contributed by atoms with van der Waals surface area (Å²) < 4.78 is 39.7. The molecule has 0 saturated heterocycles. The molecular formula is C20H11F3N4. The maximum atomic E-state index is 12.7. The number of fused-ring (bicyclic) bond motifs is 1. The van der Waals surface area contributed by atoms with E-state index in [-0.39, 0.29) is 0 Å². The van der Waals surface area contributed by atoms with Gasteiger partial charge < -0.3 is 0 Å². The zero-order valence-corrected chi connectivity index (χ0v) is 13.8. The topological polar surface area (TPSA) is 43.1 Å². The molecule has 7 heteroatoms. The van der Waals surface area contributed by atoms with Gasteiger partial charge in [0, 0.05) is 29.7 Å². The number of nitrogens with zero attached hydrogens (tertiary/aromatic N) is 4. The van der Waals surface area contributed by atoms with E-state index in [4.69, 9.17) is 0 Å². The van der Waals surface area contributed by atoms with Crippen LogP contribution in [0.15, 0.2) is 67.3 Å². The van der Waals surface area contributed by atoms with Gasteiger partial charge in [0.25, 0.3) is 0 Å². The van der Waals surface area contributed by atoms with Crippen LogP contribution in [0.5, 0.6) is 0 Å². The minimum atomic E-state index is -4.36. The Balaban J connectivity index is 1.71. The number of rotatable bonds is 1. The van der Waals surface area contributed by atoms with Crippen molar-refractivity contribution in [3.05, 3.63) is 83.9 Å². The second-order valence-electron chi connectivity index (χ2n) is 5.71. The fourth-order valence-electron chi connectivity index (χ4n) is 2.52. The summed E-state index contributed by atoms with van der Waals surface area (Å²) in [6.45, 7) is 0. The number of hydrogen-bond donors (Lipinski definition) is 0. The lowest BCUT2D eigenvalue weighted by molar-refractivity contribution is -0.137. The summed E-state index contributed by atoms with van der Waals surface area (Å²) in [5, 5.41) is 4.20. The summed E-state index contributed by atoms with van der Waals surface area (Å²) in [6, 6.07) is 10.2. The highest BCUT2D eigenvalue weighted by atomic mass is 19.4. The van der Waals surface area contributed by atoms with Crippen molar-refractivity contribution in [3.8, 4) is 23.1 Å². The van der Waals surface area contributed by atoms with Crippen molar-refractivity contribution < 1.29 is 13.2 Å². The van der Waals surface area contributed by atoms with Gasteiger partial charge in [0.2, 0.25) is 0 Å². The molecule has 0 aliphatic rings. The molecule has 0 unspecified atom stereocenters. The zero-order chi connectivity index (χ0) is 18.9. The Morgan fingerprint density at radius 2 is 1.74 bits per heavy atom. The summed E-state index contributed by atoms with van der Waals surface area (Å²) >= 11 is 0. The Hall–Kier alpha value is -3.66. The van der Waals surface area contributed by atoms with Gasteiger partial charge in [-0.3, -0.25) is 4.98 Å². The van der Waals surface area contributed by atoms with Gasteiger partial charge in [0.05, 0.1) is 23.0 Å². The molecule has 27 heavy (non-hydrogen) atoms. The molecule has 1 aromatic carbocycles. The van der Waals surface area contributed by atoms with Crippen molar-refractivity contribution >= 4 is 5.65 Å². The quantitative estimate of drug-likeness (QED) is 0.475. The first kappa shape index (κ1) is 16.8. The van der Waals surface area contributed by atoms with Crippen LogP contribution in [-0.4, -0.2) is 19.6 Å². The van der Waals surface area contributed by atoms with E-state index in [0.717, 1.165) is 17.7 Å². The fourth-order valence-corrected chi connectivity index (χ4v) is 2.52. The summed E-state index contributed by atoms with van der Waals surface area (Å²) in [5.41, 5.74) is 2.34. The van der Waals surface area contributed by atoms with E-state index in [1.54, 1.807) is 41.4 Å². The highest BCUT2D eigenvalue weighted by molar-refractivity contribution is 5.65. The number of halogens is 3. The maximum absolute atomic E-state index is 12.7. The van der Waals surface area contributed by atoms with Gasteiger partial charge in [0.1, 0.15) is 0 Å². The maximum Gasteiger partial charge on any atom is 0.416 e. The SMILES string of the molecule is FC(F)(F)c1ccc(-c2ccn3ncc(C#Cc4cccnc4)c3n2)cc1. The first-order valence-corrected chi connectivity index (χ1v) is 7.95. The molecule has 4 nitrogen and oxygen atoms in total. The molecule has 4 rings (SSSR count). The third kappa shape index (κ3) is 3.51. The average molecular weight is 364 g/mol. The lowest BCUT2D eigenvalue weighted by atomic mass is 10.1. The smallest absolute Gasteiger partial charge is 0.263 e. The molecule has 0 N–H and O–H groups in total. The number of pyridine rings is 1. The summed E-state index contributed by atoms with van der Waals surface area (Å²) in [4.78, 5) is 8.52. The van der Waals surface area contributed by atoms with Crippen LogP contribution < -0.4 is 0 Å². The number of alkyl halides is 3. The van der Waals surface area contributed by atoms with Crippen LogP contribution in [-0.2, 0) is 6.18 Å². The van der Waals surface area contributed by atoms with Crippen LogP contribution >= 0.6 is 0 Å². The van der Waals surface area contributed by atoms with Crippen LogP contribution in [0.25, 0.3) is 16.9 Å². The zero-order valence-electron chi connectivity index (χ0n) is 13.8. The van der Waals surface area contributed by atoms with E-state index in [0.29, 0.717) is 22.5 Å². The van der Waals surface area contributed by atoms with Gasteiger partial charge in [-0.15, -0.1) is 0 Å². The summed E-state index contributed by atoms with van der Waals surface area (Å²) in [6.07, 6.45) is 2.25. The van der Waals surface area contributed by atoms with Crippen molar-refractivity contribution in [2.45, 2.75) is 6.18 Å². The molecule has 3 aromatic heterocycles. The normalized spacial score (nSPS) is 11.2. The molecule has 132 valence electrons. The molecule has 0 spiro atoms. The van der Waals surface area contributed by atoms with Gasteiger partial charge in [-0.05, 0) is 30.3 Å². The Morgan fingerprint density at radius 3 is 2.44 bits per heavy atom. The van der Waals surface area contributed by atoms with Crippen molar-refractivity contribution in [1.29, 1.82) is 0 Å². The van der Waals surface area contributed by atoms with Crippen LogP contribution in [0, 0.1) is 11.8 Å². The molecule has 0 atom stereocenters. The van der Waals surface area contributed by atoms with E-state index in [1.165, 1.54) is 12.1 Å². The van der Waals surface area contributed by atoms with Crippen LogP contribution in [0.4, 0.5) is 13.2 Å². The molecule has 0 aliphatic carbocycles. The molecule has 3 heterocycles. The predicted molar refractivity (Wildman–Crippen MR) is 93.6 cm³/mol. The highest BCUT2D eigenvalue weighted by Gasteiger charge is 2.30. The number of benzene rings is 1. The Bertz CT molecular complexity index is 1150. The number of hydrogen-bond acceptors (Lipinski definition) is 3. The van der Waals surface area contributed by atoms with Gasteiger partial charge >= 0.3 is 6.18 Å². The van der Waals surface area contributed by atoms with Gasteiger partial charge in [-0.1, -0.05) is 24.0 Å². The lowest BCUT2D eigenvalue weighted by Crippen LogP contribution is -2.04. The summed E-state index contributed by atoms with van der Waals surface area (Å²) in [7, 11) is 0. The van der Waals surface area contributed by atoms with E-state index in [1.807, 2.05) is 6.07 Å². The van der Waals surface area contributed by atoms with E-state index < -0.39 is 11.7 Å². The van der Waals surface area contributed by atoms with E-state index >= 15 is 0 Å². The van der Waals surface area contributed by atoms with Crippen molar-refractivity contribution in [3.63, 3.8) is 0 Å². The van der Waals surface area contributed by atoms with Crippen LogP contribution in [0.2, 0.25) is 0 Å². The minimum Gasteiger partial charge on any atom is -0.263 e. The van der Waals surface area contributed by atoms with Crippen molar-refractivity contribution in [2.75, 3.05) is 0 Å². The monoisotopic (exact) mass is 364 g/mol. The Labute approximate surface area is 152 Å². The second kappa shape index (κ2) is 6.57. The molecular weight excluding hydrogens is 353 g/mol. The average Bonchev–Trinajstić information content (AvgIpc) is 3.09. The molecule has 0 aliphatic heterocycles. The largest absolute Gasteiger partial charge is 0.416 e. The van der Waals surface area contributed by atoms with Gasteiger partial charge in [0.15, 0.2) is 5.65 Å². The molecule has 0 amide bonds. The molecule has 0 saturated carbocycles. The van der Waals surface area contributed by atoms with Crippen molar-refractivity contribution in [2.24, 2.45) is 0 Å². The Kier molecular flexibility index (Phi) is 4.09. The second-order valence-corrected chi connectivity index (χ2v) is 5.71. The van der Waals surface area contributed by atoms with E-state index in [9.17, 15) is 13.2 Å². The third-order valence-electron chi connectivity index (χ3n) is 3.88. The van der Waals surface area contributed by atoms with Gasteiger partial charge in [-0.25, -0.2) is 9.50 Å².